The Morgan fingerprint density at radius 2 is 1.92 bits per heavy atom. The molecule has 4 rings (SSSR count). The van der Waals surface area contributed by atoms with Gasteiger partial charge in [0.1, 0.15) is 23.7 Å². The van der Waals surface area contributed by atoms with Gasteiger partial charge < -0.3 is 9.72 Å². The monoisotopic (exact) mass is 373 g/mol. The molecule has 1 N–H and O–H groups in total. The number of nitrogens with zero attached hydrogens (tertiary/aromatic N) is 2. The first-order valence-corrected chi connectivity index (χ1v) is 9.05. The van der Waals surface area contributed by atoms with Crippen molar-refractivity contribution in [3.8, 4) is 0 Å². The molecule has 2 aliphatic rings. The van der Waals surface area contributed by atoms with E-state index in [1.54, 1.807) is 11.4 Å². The number of rotatable bonds is 4. The van der Waals surface area contributed by atoms with E-state index in [9.17, 15) is 19.2 Å². The molecule has 134 valence electrons. The SMILES string of the molecule is O=C(CN1C(=O)[C@H]2CC=CC[C@@H]2C1=O)OCc1nc2ccsc2c(=O)[nH]1. The van der Waals surface area contributed by atoms with Crippen molar-refractivity contribution < 1.29 is 19.1 Å². The zero-order valence-corrected chi connectivity index (χ0v) is 14.5. The van der Waals surface area contributed by atoms with Crippen molar-refractivity contribution in [1.82, 2.24) is 14.9 Å². The molecule has 0 saturated carbocycles. The van der Waals surface area contributed by atoms with Crippen LogP contribution in [0, 0.1) is 11.8 Å². The number of esters is 1. The van der Waals surface area contributed by atoms with Crippen LogP contribution < -0.4 is 5.56 Å². The third kappa shape index (κ3) is 2.84. The van der Waals surface area contributed by atoms with Crippen LogP contribution in [0.5, 0.6) is 0 Å². The largest absolute Gasteiger partial charge is 0.456 e. The fourth-order valence-corrected chi connectivity index (χ4v) is 4.06. The summed E-state index contributed by atoms with van der Waals surface area (Å²) in [6, 6.07) is 1.71. The lowest BCUT2D eigenvalue weighted by molar-refractivity contribution is -0.154. The van der Waals surface area contributed by atoms with E-state index in [1.165, 1.54) is 11.3 Å². The molecule has 2 aromatic heterocycles. The molecular weight excluding hydrogens is 358 g/mol. The maximum atomic E-state index is 12.3. The second kappa shape index (κ2) is 6.49. The molecular formula is C17H15N3O5S. The summed E-state index contributed by atoms with van der Waals surface area (Å²) in [6.07, 6.45) is 4.81. The molecule has 0 spiro atoms. The molecule has 0 bridgehead atoms. The standard InChI is InChI=1S/C17H15N3O5S/c21-13(7-20-16(23)9-3-1-2-4-10(9)17(20)24)25-8-12-18-11-5-6-26-14(11)15(22)19-12/h1-2,5-6,9-10H,3-4,7-8H2,(H,18,19,22)/t9-,10-/m0/s1. The molecule has 0 unspecified atom stereocenters. The number of likely N-dealkylation sites (tertiary alicyclic amines) is 1. The van der Waals surface area contributed by atoms with Gasteiger partial charge in [0.05, 0.1) is 17.4 Å². The van der Waals surface area contributed by atoms with E-state index in [1.807, 2.05) is 12.2 Å². The molecule has 2 aromatic rings. The number of H-pyrrole nitrogens is 1. The van der Waals surface area contributed by atoms with Crippen LogP contribution in [0.1, 0.15) is 18.7 Å². The molecule has 2 atom stereocenters. The van der Waals surface area contributed by atoms with Gasteiger partial charge in [-0.2, -0.15) is 0 Å². The Morgan fingerprint density at radius 3 is 2.62 bits per heavy atom. The summed E-state index contributed by atoms with van der Waals surface area (Å²) in [6.45, 7) is -0.653. The van der Waals surface area contributed by atoms with E-state index in [0.717, 1.165) is 4.90 Å². The summed E-state index contributed by atoms with van der Waals surface area (Å²) >= 11 is 1.28. The van der Waals surface area contributed by atoms with Crippen molar-refractivity contribution in [3.05, 3.63) is 39.8 Å². The second-order valence-corrected chi connectivity index (χ2v) is 7.14. The normalized spacial score (nSPS) is 22.1. The first-order chi connectivity index (χ1) is 12.5. The zero-order chi connectivity index (χ0) is 18.3. The number of imide groups is 1. The molecule has 8 nitrogen and oxygen atoms in total. The topological polar surface area (TPSA) is 109 Å². The zero-order valence-electron chi connectivity index (χ0n) is 13.6. The van der Waals surface area contributed by atoms with Crippen molar-refractivity contribution in [1.29, 1.82) is 0 Å². The summed E-state index contributed by atoms with van der Waals surface area (Å²) in [5.41, 5.74) is 0.240. The Kier molecular flexibility index (Phi) is 4.15. The molecule has 0 radical (unpaired) electrons. The van der Waals surface area contributed by atoms with Crippen LogP contribution >= 0.6 is 11.3 Å². The van der Waals surface area contributed by atoms with Crippen LogP contribution in [0.15, 0.2) is 28.4 Å². The fraction of sp³-hybridized carbons (Fsp3) is 0.353. The number of thiophene rings is 1. The van der Waals surface area contributed by atoms with Crippen molar-refractivity contribution >= 4 is 39.3 Å². The summed E-state index contributed by atoms with van der Waals surface area (Å²) in [5, 5.41) is 1.75. The van der Waals surface area contributed by atoms with Crippen LogP contribution in [0.25, 0.3) is 10.2 Å². The van der Waals surface area contributed by atoms with Crippen molar-refractivity contribution in [3.63, 3.8) is 0 Å². The lowest BCUT2D eigenvalue weighted by Gasteiger charge is -2.14. The number of hydrogen-bond acceptors (Lipinski definition) is 7. The first kappa shape index (κ1) is 16.6. The molecule has 1 saturated heterocycles. The van der Waals surface area contributed by atoms with Crippen molar-refractivity contribution in [2.45, 2.75) is 19.4 Å². The lowest BCUT2D eigenvalue weighted by atomic mass is 9.85. The number of carbonyl (C=O) groups is 3. The minimum Gasteiger partial charge on any atom is -0.456 e. The third-order valence-electron chi connectivity index (χ3n) is 4.62. The van der Waals surface area contributed by atoms with E-state index in [4.69, 9.17) is 4.74 Å². The molecule has 1 aliphatic carbocycles. The van der Waals surface area contributed by atoms with E-state index in [-0.39, 0.29) is 41.6 Å². The van der Waals surface area contributed by atoms with Gasteiger partial charge in [-0.1, -0.05) is 12.2 Å². The minimum atomic E-state index is -0.716. The predicted octanol–water partition coefficient (Wildman–Crippen LogP) is 0.979. The highest BCUT2D eigenvalue weighted by Gasteiger charge is 2.47. The molecule has 0 aromatic carbocycles. The summed E-state index contributed by atoms with van der Waals surface area (Å²) < 4.78 is 5.59. The van der Waals surface area contributed by atoms with E-state index >= 15 is 0 Å². The minimum absolute atomic E-state index is 0.214. The number of ether oxygens (including phenoxy) is 1. The van der Waals surface area contributed by atoms with Crippen LogP contribution in [-0.4, -0.2) is 39.2 Å². The highest BCUT2D eigenvalue weighted by molar-refractivity contribution is 7.17. The average molecular weight is 373 g/mol. The molecule has 2 amide bonds. The molecule has 1 aliphatic heterocycles. The lowest BCUT2D eigenvalue weighted by Crippen LogP contribution is -2.36. The predicted molar refractivity (Wildman–Crippen MR) is 92.1 cm³/mol. The molecule has 9 heteroatoms. The van der Waals surface area contributed by atoms with Crippen LogP contribution in [0.4, 0.5) is 0 Å². The molecule has 3 heterocycles. The van der Waals surface area contributed by atoms with Crippen LogP contribution in [0.3, 0.4) is 0 Å². The van der Waals surface area contributed by atoms with Crippen LogP contribution in [0.2, 0.25) is 0 Å². The summed E-state index contributed by atoms with van der Waals surface area (Å²) in [7, 11) is 0. The quantitative estimate of drug-likeness (QED) is 0.486. The number of amides is 2. The van der Waals surface area contributed by atoms with Gasteiger partial charge in [0.25, 0.3) is 5.56 Å². The average Bonchev–Trinajstić information content (AvgIpc) is 3.20. The molecule has 1 fully saturated rings. The van der Waals surface area contributed by atoms with Gasteiger partial charge in [0.15, 0.2) is 0 Å². The Balaban J connectivity index is 1.40. The van der Waals surface area contributed by atoms with Gasteiger partial charge in [0, 0.05) is 0 Å². The Labute approximate surface area is 151 Å². The number of allylic oxidation sites excluding steroid dienone is 2. The van der Waals surface area contributed by atoms with Crippen LogP contribution in [-0.2, 0) is 25.7 Å². The highest BCUT2D eigenvalue weighted by atomic mass is 32.1. The van der Waals surface area contributed by atoms with Gasteiger partial charge in [-0.05, 0) is 24.3 Å². The second-order valence-electron chi connectivity index (χ2n) is 6.23. The Hall–Kier alpha value is -2.81. The van der Waals surface area contributed by atoms with Crippen molar-refractivity contribution in [2.24, 2.45) is 11.8 Å². The van der Waals surface area contributed by atoms with Gasteiger partial charge in [-0.15, -0.1) is 11.3 Å². The smallest absolute Gasteiger partial charge is 0.326 e. The number of carbonyl (C=O) groups excluding carboxylic acids is 3. The highest BCUT2D eigenvalue weighted by Crippen LogP contribution is 2.34. The van der Waals surface area contributed by atoms with E-state index in [2.05, 4.69) is 9.97 Å². The Bertz CT molecular complexity index is 966. The summed E-state index contributed by atoms with van der Waals surface area (Å²) in [5.74, 6) is -1.91. The van der Waals surface area contributed by atoms with Gasteiger partial charge >= 0.3 is 5.97 Å². The Morgan fingerprint density at radius 1 is 1.23 bits per heavy atom. The molecule has 26 heavy (non-hydrogen) atoms. The van der Waals surface area contributed by atoms with Gasteiger partial charge in [-0.25, -0.2) is 4.98 Å². The number of aromatic amines is 1. The number of fused-ring (bicyclic) bond motifs is 2. The van der Waals surface area contributed by atoms with Gasteiger partial charge in [-0.3, -0.25) is 24.1 Å². The third-order valence-corrected chi connectivity index (χ3v) is 5.52. The number of aromatic nitrogens is 2. The summed E-state index contributed by atoms with van der Waals surface area (Å²) in [4.78, 5) is 56.3. The maximum absolute atomic E-state index is 12.3. The first-order valence-electron chi connectivity index (χ1n) is 8.17. The van der Waals surface area contributed by atoms with E-state index < -0.39 is 12.5 Å². The van der Waals surface area contributed by atoms with E-state index in [0.29, 0.717) is 23.1 Å². The van der Waals surface area contributed by atoms with Crippen molar-refractivity contribution in [2.75, 3.05) is 6.54 Å². The number of nitrogens with one attached hydrogen (secondary N) is 1. The van der Waals surface area contributed by atoms with Gasteiger partial charge in [0.2, 0.25) is 11.8 Å². The fourth-order valence-electron chi connectivity index (χ4n) is 3.34. The maximum Gasteiger partial charge on any atom is 0.326 e. The number of hydrogen-bond donors (Lipinski definition) is 1.